The van der Waals surface area contributed by atoms with Crippen molar-refractivity contribution in [2.75, 3.05) is 11.9 Å². The number of aldehydes is 1. The minimum Gasteiger partial charge on any atom is -0.344 e. The highest BCUT2D eigenvalue weighted by Gasteiger charge is 2.10. The van der Waals surface area contributed by atoms with Crippen LogP contribution >= 0.6 is 15.9 Å². The van der Waals surface area contributed by atoms with Gasteiger partial charge >= 0.3 is 0 Å². The number of carbonyl (C=O) groups excluding carboxylic acids is 1. The Bertz CT molecular complexity index is 602. The summed E-state index contributed by atoms with van der Waals surface area (Å²) in [5.74, 6) is 0. The van der Waals surface area contributed by atoms with Crippen LogP contribution in [-0.4, -0.2) is 13.3 Å². The Labute approximate surface area is 122 Å². The molecule has 19 heavy (non-hydrogen) atoms. The Hall–Kier alpha value is -1.61. The van der Waals surface area contributed by atoms with Crippen molar-refractivity contribution in [1.29, 1.82) is 0 Å². The van der Waals surface area contributed by atoms with Gasteiger partial charge in [-0.2, -0.15) is 0 Å². The molecule has 0 bridgehead atoms. The lowest BCUT2D eigenvalue weighted by Gasteiger charge is -2.22. The Morgan fingerprint density at radius 2 is 1.68 bits per heavy atom. The minimum absolute atomic E-state index is 0.677. The van der Waals surface area contributed by atoms with Crippen molar-refractivity contribution in [3.8, 4) is 0 Å². The zero-order chi connectivity index (χ0) is 14.0. The van der Waals surface area contributed by atoms with Gasteiger partial charge in [-0.25, -0.2) is 0 Å². The van der Waals surface area contributed by atoms with Crippen molar-refractivity contribution in [2.45, 2.75) is 13.8 Å². The lowest BCUT2D eigenvalue weighted by Crippen LogP contribution is -2.12. The first-order chi connectivity index (χ1) is 9.01. The third-order valence-corrected chi connectivity index (χ3v) is 3.56. The van der Waals surface area contributed by atoms with Crippen LogP contribution in [0.2, 0.25) is 0 Å². The normalized spacial score (nSPS) is 10.3. The SMILES string of the molecule is Cc1cc(C)cc(N(C)c2ccc(Br)cc2C=O)c1. The maximum Gasteiger partial charge on any atom is 0.152 e. The average molecular weight is 318 g/mol. The van der Waals surface area contributed by atoms with Gasteiger partial charge in [0.1, 0.15) is 0 Å². The highest BCUT2D eigenvalue weighted by atomic mass is 79.9. The molecule has 2 aromatic rings. The molecule has 2 nitrogen and oxygen atoms in total. The van der Waals surface area contributed by atoms with E-state index in [1.165, 1.54) is 11.1 Å². The first-order valence-electron chi connectivity index (χ1n) is 6.08. The average Bonchev–Trinajstić information content (AvgIpc) is 2.36. The van der Waals surface area contributed by atoms with Gasteiger partial charge in [0.05, 0.1) is 5.69 Å². The minimum atomic E-state index is 0.677. The number of hydrogen-bond acceptors (Lipinski definition) is 2. The largest absolute Gasteiger partial charge is 0.344 e. The van der Waals surface area contributed by atoms with E-state index < -0.39 is 0 Å². The lowest BCUT2D eigenvalue weighted by atomic mass is 10.1. The molecule has 0 saturated heterocycles. The maximum absolute atomic E-state index is 11.2. The first kappa shape index (κ1) is 13.8. The van der Waals surface area contributed by atoms with Gasteiger partial charge < -0.3 is 4.90 Å². The number of hydrogen-bond donors (Lipinski definition) is 0. The molecule has 3 heteroatoms. The number of aryl methyl sites for hydroxylation is 2. The fourth-order valence-electron chi connectivity index (χ4n) is 2.21. The molecule has 0 spiro atoms. The van der Waals surface area contributed by atoms with Crippen LogP contribution in [0.15, 0.2) is 40.9 Å². The molecule has 0 aliphatic carbocycles. The second kappa shape index (κ2) is 5.57. The van der Waals surface area contributed by atoms with Gasteiger partial charge in [0.15, 0.2) is 6.29 Å². The quantitative estimate of drug-likeness (QED) is 0.768. The predicted octanol–water partition coefficient (Wildman–Crippen LogP) is 4.65. The standard InChI is InChI=1S/C16H16BrNO/c1-11-6-12(2)8-15(7-11)18(3)16-5-4-14(17)9-13(16)10-19/h4-10H,1-3H3. The molecule has 2 rings (SSSR count). The van der Waals surface area contributed by atoms with Crippen molar-refractivity contribution in [3.05, 3.63) is 57.6 Å². The van der Waals surface area contributed by atoms with Crippen LogP contribution in [0.3, 0.4) is 0 Å². The maximum atomic E-state index is 11.2. The molecule has 0 N–H and O–H groups in total. The number of rotatable bonds is 3. The second-order valence-corrected chi connectivity index (χ2v) is 5.64. The summed E-state index contributed by atoms with van der Waals surface area (Å²) in [6.07, 6.45) is 0.888. The summed E-state index contributed by atoms with van der Waals surface area (Å²) >= 11 is 3.39. The smallest absolute Gasteiger partial charge is 0.152 e. The van der Waals surface area contributed by atoms with Crippen LogP contribution < -0.4 is 4.90 Å². The summed E-state index contributed by atoms with van der Waals surface area (Å²) in [5.41, 5.74) is 5.10. The van der Waals surface area contributed by atoms with E-state index in [-0.39, 0.29) is 0 Å². The van der Waals surface area contributed by atoms with Crippen molar-refractivity contribution in [1.82, 2.24) is 0 Å². The van der Waals surface area contributed by atoms with Gasteiger partial charge in [-0.15, -0.1) is 0 Å². The fourth-order valence-corrected chi connectivity index (χ4v) is 2.59. The Kier molecular flexibility index (Phi) is 4.05. The number of carbonyl (C=O) groups is 1. The summed E-state index contributed by atoms with van der Waals surface area (Å²) in [4.78, 5) is 13.2. The van der Waals surface area contributed by atoms with E-state index in [9.17, 15) is 4.79 Å². The van der Waals surface area contributed by atoms with Crippen molar-refractivity contribution < 1.29 is 4.79 Å². The van der Waals surface area contributed by atoms with Gasteiger partial charge in [0.2, 0.25) is 0 Å². The molecule has 0 unspecified atom stereocenters. The van der Waals surface area contributed by atoms with Crippen LogP contribution in [0.4, 0.5) is 11.4 Å². The molecule has 0 aromatic heterocycles. The van der Waals surface area contributed by atoms with E-state index in [1.54, 1.807) is 0 Å². The monoisotopic (exact) mass is 317 g/mol. The summed E-state index contributed by atoms with van der Waals surface area (Å²) in [7, 11) is 1.98. The molecule has 0 aliphatic heterocycles. The van der Waals surface area contributed by atoms with E-state index in [1.807, 2.05) is 30.1 Å². The Morgan fingerprint density at radius 3 is 2.26 bits per heavy atom. The van der Waals surface area contributed by atoms with Crippen molar-refractivity contribution in [2.24, 2.45) is 0 Å². The number of anilines is 2. The van der Waals surface area contributed by atoms with E-state index in [4.69, 9.17) is 0 Å². The summed E-state index contributed by atoms with van der Waals surface area (Å²) in [5, 5.41) is 0. The van der Waals surface area contributed by atoms with Crippen LogP contribution in [0, 0.1) is 13.8 Å². The first-order valence-corrected chi connectivity index (χ1v) is 6.87. The van der Waals surface area contributed by atoms with Gasteiger partial charge in [0, 0.05) is 22.8 Å². The highest BCUT2D eigenvalue weighted by Crippen LogP contribution is 2.29. The van der Waals surface area contributed by atoms with Gasteiger partial charge in [-0.05, 0) is 55.3 Å². The molecule has 0 aliphatic rings. The number of halogens is 1. The zero-order valence-electron chi connectivity index (χ0n) is 11.3. The van der Waals surface area contributed by atoms with E-state index >= 15 is 0 Å². The molecule has 0 atom stereocenters. The molecule has 0 saturated carbocycles. The van der Waals surface area contributed by atoms with E-state index in [2.05, 4.69) is 48.0 Å². The van der Waals surface area contributed by atoms with Crippen LogP contribution in [0.5, 0.6) is 0 Å². The van der Waals surface area contributed by atoms with Gasteiger partial charge in [-0.1, -0.05) is 22.0 Å². The Balaban J connectivity index is 2.49. The topological polar surface area (TPSA) is 20.3 Å². The lowest BCUT2D eigenvalue weighted by molar-refractivity contribution is 0.112. The summed E-state index contributed by atoms with van der Waals surface area (Å²) < 4.78 is 0.909. The fraction of sp³-hybridized carbons (Fsp3) is 0.188. The van der Waals surface area contributed by atoms with Crippen molar-refractivity contribution >= 4 is 33.6 Å². The second-order valence-electron chi connectivity index (χ2n) is 4.73. The highest BCUT2D eigenvalue weighted by molar-refractivity contribution is 9.10. The Morgan fingerprint density at radius 1 is 1.05 bits per heavy atom. The van der Waals surface area contributed by atoms with E-state index in [0.717, 1.165) is 22.1 Å². The molecule has 0 heterocycles. The van der Waals surface area contributed by atoms with E-state index in [0.29, 0.717) is 5.56 Å². The van der Waals surface area contributed by atoms with Crippen LogP contribution in [0.25, 0.3) is 0 Å². The number of nitrogens with zero attached hydrogens (tertiary/aromatic N) is 1. The molecule has 98 valence electrons. The molecular weight excluding hydrogens is 302 g/mol. The van der Waals surface area contributed by atoms with Crippen LogP contribution in [-0.2, 0) is 0 Å². The zero-order valence-corrected chi connectivity index (χ0v) is 12.9. The van der Waals surface area contributed by atoms with Gasteiger partial charge in [0.25, 0.3) is 0 Å². The third-order valence-electron chi connectivity index (χ3n) is 3.07. The van der Waals surface area contributed by atoms with Crippen LogP contribution in [0.1, 0.15) is 21.5 Å². The summed E-state index contributed by atoms with van der Waals surface area (Å²) in [6.45, 7) is 4.15. The molecule has 2 aromatic carbocycles. The van der Waals surface area contributed by atoms with Gasteiger partial charge in [-0.3, -0.25) is 4.79 Å². The third kappa shape index (κ3) is 3.04. The molecule has 0 radical (unpaired) electrons. The molecule has 0 amide bonds. The predicted molar refractivity (Wildman–Crippen MR) is 83.5 cm³/mol. The molecular formula is C16H16BrNO. The van der Waals surface area contributed by atoms with Crippen molar-refractivity contribution in [3.63, 3.8) is 0 Å². The summed E-state index contributed by atoms with van der Waals surface area (Å²) in [6, 6.07) is 12.1. The number of benzene rings is 2. The molecule has 0 fully saturated rings.